The van der Waals surface area contributed by atoms with Crippen LogP contribution in [0.25, 0.3) is 11.3 Å². The topological polar surface area (TPSA) is 54.3 Å². The van der Waals surface area contributed by atoms with E-state index in [1.165, 1.54) is 0 Å². The first-order valence-corrected chi connectivity index (χ1v) is 8.83. The van der Waals surface area contributed by atoms with E-state index in [2.05, 4.69) is 10.6 Å². The summed E-state index contributed by atoms with van der Waals surface area (Å²) < 4.78 is 5.59. The summed E-state index contributed by atoms with van der Waals surface area (Å²) in [5.74, 6) is 0.100. The predicted molar refractivity (Wildman–Crippen MR) is 109 cm³/mol. The molecule has 0 atom stereocenters. The van der Waals surface area contributed by atoms with Crippen molar-refractivity contribution in [1.29, 1.82) is 0 Å². The molecule has 0 aliphatic carbocycles. The highest BCUT2D eigenvalue weighted by Crippen LogP contribution is 2.34. The molecule has 26 heavy (non-hydrogen) atoms. The number of hydrogen-bond donors (Lipinski definition) is 2. The Kier molecular flexibility index (Phi) is 5.61. The minimum Gasteiger partial charge on any atom is -0.451 e. The van der Waals surface area contributed by atoms with Gasteiger partial charge in [0.15, 0.2) is 10.9 Å². The molecule has 3 rings (SSSR count). The van der Waals surface area contributed by atoms with Gasteiger partial charge in [0.05, 0.1) is 10.0 Å². The highest BCUT2D eigenvalue weighted by molar-refractivity contribution is 7.80. The molecule has 2 N–H and O–H groups in total. The SMILES string of the molecule is Cc1ccc(NC(=S)NC(=O)c2ccc(-c3cccc(Cl)c3Cl)o2)cc1. The lowest BCUT2D eigenvalue weighted by molar-refractivity contribution is 0.0951. The summed E-state index contributed by atoms with van der Waals surface area (Å²) in [5, 5.41) is 6.48. The zero-order valence-corrected chi connectivity index (χ0v) is 16.0. The van der Waals surface area contributed by atoms with E-state index in [-0.39, 0.29) is 10.9 Å². The Hall–Kier alpha value is -2.34. The summed E-state index contributed by atoms with van der Waals surface area (Å²) in [4.78, 5) is 12.3. The second-order valence-corrected chi connectivity index (χ2v) is 6.73. The van der Waals surface area contributed by atoms with Crippen LogP contribution >= 0.6 is 35.4 Å². The number of anilines is 1. The minimum atomic E-state index is -0.459. The summed E-state index contributed by atoms with van der Waals surface area (Å²) in [6.07, 6.45) is 0. The van der Waals surface area contributed by atoms with Crippen molar-refractivity contribution in [2.75, 3.05) is 5.32 Å². The van der Waals surface area contributed by atoms with E-state index < -0.39 is 5.91 Å². The van der Waals surface area contributed by atoms with Gasteiger partial charge in [-0.3, -0.25) is 10.1 Å². The molecule has 0 saturated carbocycles. The summed E-state index contributed by atoms with van der Waals surface area (Å²) in [6.45, 7) is 1.99. The second kappa shape index (κ2) is 7.91. The lowest BCUT2D eigenvalue weighted by Gasteiger charge is -2.08. The van der Waals surface area contributed by atoms with Crippen LogP contribution in [0.3, 0.4) is 0 Å². The van der Waals surface area contributed by atoms with Gasteiger partial charge in [-0.05, 0) is 55.5 Å². The van der Waals surface area contributed by atoms with Gasteiger partial charge < -0.3 is 9.73 Å². The number of aryl methyl sites for hydroxylation is 1. The fourth-order valence-electron chi connectivity index (χ4n) is 2.26. The Morgan fingerprint density at radius 1 is 1.04 bits per heavy atom. The van der Waals surface area contributed by atoms with Crippen LogP contribution in [-0.2, 0) is 0 Å². The zero-order chi connectivity index (χ0) is 18.7. The quantitative estimate of drug-likeness (QED) is 0.550. The van der Waals surface area contributed by atoms with Gasteiger partial charge in [-0.2, -0.15) is 0 Å². The Morgan fingerprint density at radius 2 is 1.77 bits per heavy atom. The summed E-state index contributed by atoms with van der Waals surface area (Å²) in [5.41, 5.74) is 2.53. The van der Waals surface area contributed by atoms with Gasteiger partial charge in [-0.15, -0.1) is 0 Å². The Morgan fingerprint density at radius 3 is 2.50 bits per heavy atom. The number of amides is 1. The fourth-order valence-corrected chi connectivity index (χ4v) is 2.87. The van der Waals surface area contributed by atoms with Crippen LogP contribution in [0.1, 0.15) is 16.1 Å². The monoisotopic (exact) mass is 404 g/mol. The van der Waals surface area contributed by atoms with Gasteiger partial charge in [-0.1, -0.05) is 47.0 Å². The van der Waals surface area contributed by atoms with Gasteiger partial charge in [-0.25, -0.2) is 0 Å². The van der Waals surface area contributed by atoms with E-state index in [0.29, 0.717) is 21.4 Å². The number of carbonyl (C=O) groups is 1. The van der Waals surface area contributed by atoms with Crippen LogP contribution in [-0.4, -0.2) is 11.0 Å². The molecule has 1 aromatic heterocycles. The number of benzene rings is 2. The molecule has 1 amide bonds. The zero-order valence-electron chi connectivity index (χ0n) is 13.7. The molecule has 0 aliphatic rings. The maximum atomic E-state index is 12.3. The van der Waals surface area contributed by atoms with Crippen molar-refractivity contribution in [3.63, 3.8) is 0 Å². The average molecular weight is 405 g/mol. The molecule has 0 fully saturated rings. The molecular formula is C19H14Cl2N2O2S. The summed E-state index contributed by atoms with van der Waals surface area (Å²) in [6, 6.07) is 16.0. The number of thiocarbonyl (C=S) groups is 1. The van der Waals surface area contributed by atoms with E-state index in [0.717, 1.165) is 11.3 Å². The highest BCUT2D eigenvalue weighted by atomic mass is 35.5. The first-order chi connectivity index (χ1) is 12.4. The van der Waals surface area contributed by atoms with Crippen LogP contribution < -0.4 is 10.6 Å². The number of hydrogen-bond acceptors (Lipinski definition) is 3. The number of carbonyl (C=O) groups excluding carboxylic acids is 1. The van der Waals surface area contributed by atoms with E-state index in [1.807, 2.05) is 31.2 Å². The first-order valence-electron chi connectivity index (χ1n) is 7.67. The highest BCUT2D eigenvalue weighted by Gasteiger charge is 2.16. The molecule has 7 heteroatoms. The lowest BCUT2D eigenvalue weighted by atomic mass is 10.2. The van der Waals surface area contributed by atoms with Gasteiger partial charge >= 0.3 is 0 Å². The van der Waals surface area contributed by atoms with Crippen molar-refractivity contribution in [2.24, 2.45) is 0 Å². The molecule has 0 saturated heterocycles. The summed E-state index contributed by atoms with van der Waals surface area (Å²) in [7, 11) is 0. The van der Waals surface area contributed by atoms with Gasteiger partial charge in [0, 0.05) is 11.3 Å². The lowest BCUT2D eigenvalue weighted by Crippen LogP contribution is -2.33. The third-order valence-electron chi connectivity index (χ3n) is 3.58. The number of halogens is 2. The van der Waals surface area contributed by atoms with Gasteiger partial charge in [0.1, 0.15) is 5.76 Å². The minimum absolute atomic E-state index is 0.115. The smallest absolute Gasteiger partial charge is 0.293 e. The Bertz CT molecular complexity index is 968. The standard InChI is InChI=1S/C19H14Cl2N2O2S/c1-11-5-7-12(8-6-11)22-19(26)23-18(24)16-10-9-15(25-16)13-3-2-4-14(20)17(13)21/h2-10H,1H3,(H2,22,23,24,26). The molecule has 0 spiro atoms. The van der Waals surface area contributed by atoms with E-state index >= 15 is 0 Å². The van der Waals surface area contributed by atoms with Crippen molar-refractivity contribution < 1.29 is 9.21 Å². The first kappa shape index (κ1) is 18.5. The number of rotatable bonds is 3. The maximum absolute atomic E-state index is 12.3. The van der Waals surface area contributed by atoms with Crippen LogP contribution in [0.5, 0.6) is 0 Å². The van der Waals surface area contributed by atoms with E-state index in [1.54, 1.807) is 30.3 Å². The fraction of sp³-hybridized carbons (Fsp3) is 0.0526. The number of nitrogens with one attached hydrogen (secondary N) is 2. The molecule has 0 bridgehead atoms. The molecule has 0 radical (unpaired) electrons. The van der Waals surface area contributed by atoms with E-state index in [9.17, 15) is 4.79 Å². The molecule has 1 heterocycles. The van der Waals surface area contributed by atoms with Crippen molar-refractivity contribution in [3.05, 3.63) is 76.0 Å². The van der Waals surface area contributed by atoms with Gasteiger partial charge in [0.2, 0.25) is 0 Å². The predicted octanol–water partition coefficient (Wildman–Crippen LogP) is 5.69. The van der Waals surface area contributed by atoms with Crippen molar-refractivity contribution in [1.82, 2.24) is 5.32 Å². The van der Waals surface area contributed by atoms with Gasteiger partial charge in [0.25, 0.3) is 5.91 Å². The summed E-state index contributed by atoms with van der Waals surface area (Å²) >= 11 is 17.3. The molecule has 0 aliphatic heterocycles. The second-order valence-electron chi connectivity index (χ2n) is 5.54. The van der Waals surface area contributed by atoms with Crippen LogP contribution in [0.2, 0.25) is 10.0 Å². The Labute approximate surface area is 166 Å². The molecule has 0 unspecified atom stereocenters. The molecule has 132 valence electrons. The normalized spacial score (nSPS) is 10.4. The van der Waals surface area contributed by atoms with Crippen LogP contribution in [0, 0.1) is 6.92 Å². The molecule has 4 nitrogen and oxygen atoms in total. The van der Waals surface area contributed by atoms with Crippen molar-refractivity contribution in [2.45, 2.75) is 6.92 Å². The number of furan rings is 1. The third kappa shape index (κ3) is 4.25. The van der Waals surface area contributed by atoms with E-state index in [4.69, 9.17) is 39.8 Å². The molecule has 2 aromatic carbocycles. The van der Waals surface area contributed by atoms with Crippen LogP contribution in [0.15, 0.2) is 59.0 Å². The largest absolute Gasteiger partial charge is 0.451 e. The van der Waals surface area contributed by atoms with Crippen LogP contribution in [0.4, 0.5) is 5.69 Å². The third-order valence-corrected chi connectivity index (χ3v) is 4.61. The van der Waals surface area contributed by atoms with Crippen molar-refractivity contribution in [3.8, 4) is 11.3 Å². The maximum Gasteiger partial charge on any atom is 0.293 e. The van der Waals surface area contributed by atoms with Crippen molar-refractivity contribution >= 4 is 52.1 Å². The average Bonchev–Trinajstić information content (AvgIpc) is 3.09. The molecular weight excluding hydrogens is 391 g/mol. The Balaban J connectivity index is 1.69. The molecule has 3 aromatic rings.